The second kappa shape index (κ2) is 7.96. The largest absolute Gasteiger partial charge is 0.493 e. The van der Waals surface area contributed by atoms with Crippen molar-refractivity contribution in [1.29, 1.82) is 0 Å². The van der Waals surface area contributed by atoms with Crippen LogP contribution in [0.5, 0.6) is 11.5 Å². The van der Waals surface area contributed by atoms with Gasteiger partial charge >= 0.3 is 5.69 Å². The number of thiophene rings is 1. The molecular formula is C12H15N3O8S2. The first kappa shape index (κ1) is 20.4. The molecule has 11 nitrogen and oxygen atoms in total. The van der Waals surface area contributed by atoms with Gasteiger partial charge in [-0.2, -0.15) is 8.42 Å². The van der Waals surface area contributed by atoms with Gasteiger partial charge in [0.25, 0.3) is 10.1 Å². The van der Waals surface area contributed by atoms with Gasteiger partial charge in [0.05, 0.1) is 35.7 Å². The first-order valence-electron chi connectivity index (χ1n) is 6.26. The number of fused-ring (bicyclic) bond motifs is 1. The van der Waals surface area contributed by atoms with Crippen molar-refractivity contribution in [1.82, 2.24) is 0 Å². The number of nitro groups is 1. The number of hydrogen-bond donors (Lipinski definition) is 3. The smallest absolute Gasteiger partial charge is 0.323 e. The van der Waals surface area contributed by atoms with E-state index in [1.54, 1.807) is 6.07 Å². The van der Waals surface area contributed by atoms with Gasteiger partial charge in [0.15, 0.2) is 11.6 Å². The Labute approximate surface area is 146 Å². The topological polar surface area (TPSA) is 175 Å². The van der Waals surface area contributed by atoms with Crippen LogP contribution in [0.4, 0.5) is 5.69 Å². The molecule has 1 aromatic heterocycles. The van der Waals surface area contributed by atoms with Gasteiger partial charge in [-0.1, -0.05) is 5.16 Å². The van der Waals surface area contributed by atoms with Crippen molar-refractivity contribution in [3.63, 3.8) is 0 Å². The van der Waals surface area contributed by atoms with Gasteiger partial charge in [-0.05, 0) is 6.07 Å². The van der Waals surface area contributed by atoms with E-state index in [4.69, 9.17) is 25.0 Å². The average Bonchev–Trinajstić information content (AvgIpc) is 2.93. The van der Waals surface area contributed by atoms with Crippen molar-refractivity contribution >= 4 is 43.1 Å². The molecule has 0 bridgehead atoms. The van der Waals surface area contributed by atoms with Gasteiger partial charge in [0.2, 0.25) is 5.75 Å². The van der Waals surface area contributed by atoms with E-state index in [0.717, 1.165) is 11.3 Å². The molecule has 2 rings (SSSR count). The number of amidine groups is 1. The summed E-state index contributed by atoms with van der Waals surface area (Å²) >= 11 is 1.15. The van der Waals surface area contributed by atoms with E-state index in [0.29, 0.717) is 21.2 Å². The summed E-state index contributed by atoms with van der Waals surface area (Å²) in [5.74, 6) is 0.173. The van der Waals surface area contributed by atoms with Crippen LogP contribution >= 0.6 is 11.3 Å². The Hall–Kier alpha value is -2.64. The molecule has 0 aliphatic rings. The molecular weight excluding hydrogens is 378 g/mol. The zero-order valence-corrected chi connectivity index (χ0v) is 14.9. The van der Waals surface area contributed by atoms with Crippen LogP contribution in [-0.2, 0) is 10.1 Å². The molecule has 0 spiro atoms. The molecule has 0 unspecified atom stereocenters. The van der Waals surface area contributed by atoms with Crippen molar-refractivity contribution in [3.8, 4) is 11.5 Å². The Kier molecular flexibility index (Phi) is 6.49. The highest BCUT2D eigenvalue weighted by Crippen LogP contribution is 2.45. The maximum Gasteiger partial charge on any atom is 0.323 e. The molecule has 0 fully saturated rings. The molecule has 2 aromatic rings. The van der Waals surface area contributed by atoms with Crippen LogP contribution in [0.15, 0.2) is 17.3 Å². The summed E-state index contributed by atoms with van der Waals surface area (Å²) in [4.78, 5) is 11.1. The number of ether oxygens (including phenoxy) is 2. The fraction of sp³-hybridized carbons (Fsp3) is 0.250. The standard InChI is InChI=1S/C11H11N3O5S.CH4O3S/c1-18-6-4-7-5(3-8(20-7)11(12)13-15)9(14(16)17)10(6)19-2;1-5(2,3)4/h3-4,15H,1-2H3,(H2,12,13);1H3,(H,2,3,4). The van der Waals surface area contributed by atoms with Crippen molar-refractivity contribution in [2.75, 3.05) is 20.5 Å². The normalized spacial score (nSPS) is 11.6. The Morgan fingerprint density at radius 1 is 1.36 bits per heavy atom. The summed E-state index contributed by atoms with van der Waals surface area (Å²) in [5.41, 5.74) is 5.29. The van der Waals surface area contributed by atoms with Gasteiger partial charge in [-0.3, -0.25) is 14.7 Å². The van der Waals surface area contributed by atoms with Crippen LogP contribution in [0.3, 0.4) is 0 Å². The Balaban J connectivity index is 0.000000550. The number of benzene rings is 1. The number of oxime groups is 1. The van der Waals surface area contributed by atoms with Crippen molar-refractivity contribution in [2.45, 2.75) is 0 Å². The minimum atomic E-state index is -3.67. The lowest BCUT2D eigenvalue weighted by Gasteiger charge is -2.08. The third-order valence-electron chi connectivity index (χ3n) is 2.68. The molecule has 4 N–H and O–H groups in total. The first-order chi connectivity index (χ1) is 11.5. The third-order valence-corrected chi connectivity index (χ3v) is 3.79. The lowest BCUT2D eigenvalue weighted by atomic mass is 10.2. The molecule has 0 radical (unpaired) electrons. The Morgan fingerprint density at radius 2 is 1.92 bits per heavy atom. The molecule has 0 aliphatic heterocycles. The van der Waals surface area contributed by atoms with E-state index >= 15 is 0 Å². The second-order valence-corrected chi connectivity index (χ2v) is 7.01. The number of nitrogens with zero attached hydrogens (tertiary/aromatic N) is 2. The van der Waals surface area contributed by atoms with Gasteiger partial charge in [-0.25, -0.2) is 0 Å². The lowest BCUT2D eigenvalue weighted by Crippen LogP contribution is -2.10. The summed E-state index contributed by atoms with van der Waals surface area (Å²) < 4.78 is 36.6. The minimum Gasteiger partial charge on any atom is -0.493 e. The minimum absolute atomic E-state index is 0.0360. The Morgan fingerprint density at radius 3 is 2.32 bits per heavy atom. The maximum absolute atomic E-state index is 11.3. The molecule has 0 saturated heterocycles. The molecule has 1 aromatic carbocycles. The van der Waals surface area contributed by atoms with Crippen molar-refractivity contribution in [2.24, 2.45) is 10.9 Å². The number of nitrogens with two attached hydrogens (primary N) is 1. The number of hydrogen-bond acceptors (Lipinski definition) is 9. The summed E-state index contributed by atoms with van der Waals surface area (Å²) in [6.45, 7) is 0. The summed E-state index contributed by atoms with van der Waals surface area (Å²) in [6, 6.07) is 3.09. The number of methoxy groups -OCH3 is 2. The molecule has 25 heavy (non-hydrogen) atoms. The predicted octanol–water partition coefficient (Wildman–Crippen LogP) is 1.43. The van der Waals surface area contributed by atoms with Crippen molar-refractivity contribution < 1.29 is 32.6 Å². The number of rotatable bonds is 4. The third kappa shape index (κ3) is 5.17. The van der Waals surface area contributed by atoms with Gasteiger partial charge in [0, 0.05) is 10.8 Å². The monoisotopic (exact) mass is 393 g/mol. The molecule has 0 atom stereocenters. The fourth-order valence-electron chi connectivity index (χ4n) is 1.83. The molecule has 0 saturated carbocycles. The predicted molar refractivity (Wildman–Crippen MR) is 91.6 cm³/mol. The molecule has 1 heterocycles. The highest BCUT2D eigenvalue weighted by atomic mass is 32.2. The van der Waals surface area contributed by atoms with Crippen LogP contribution in [0.25, 0.3) is 10.1 Å². The van der Waals surface area contributed by atoms with Crippen LogP contribution in [0, 0.1) is 10.1 Å². The fourth-order valence-corrected chi connectivity index (χ4v) is 2.82. The van der Waals surface area contributed by atoms with E-state index in [1.165, 1.54) is 20.3 Å². The van der Waals surface area contributed by atoms with Gasteiger partial charge < -0.3 is 20.4 Å². The number of nitro benzene ring substituents is 1. The summed E-state index contributed by atoms with van der Waals surface area (Å²) in [7, 11) is -0.945. The Bertz CT molecular complexity index is 912. The lowest BCUT2D eigenvalue weighted by molar-refractivity contribution is -0.384. The van der Waals surface area contributed by atoms with E-state index in [1.807, 2.05) is 0 Å². The van der Waals surface area contributed by atoms with Crippen LogP contribution < -0.4 is 15.2 Å². The van der Waals surface area contributed by atoms with Crippen LogP contribution in [-0.4, -0.2) is 49.4 Å². The average molecular weight is 393 g/mol. The maximum atomic E-state index is 11.3. The van der Waals surface area contributed by atoms with Crippen LogP contribution in [0.2, 0.25) is 0 Å². The summed E-state index contributed by atoms with van der Waals surface area (Å²) in [6.07, 6.45) is 0.715. The van der Waals surface area contributed by atoms with E-state index in [-0.39, 0.29) is 23.0 Å². The van der Waals surface area contributed by atoms with Crippen molar-refractivity contribution in [3.05, 3.63) is 27.1 Å². The van der Waals surface area contributed by atoms with E-state index in [9.17, 15) is 18.5 Å². The highest BCUT2D eigenvalue weighted by Gasteiger charge is 2.26. The molecule has 0 amide bonds. The zero-order chi connectivity index (χ0) is 19.4. The molecule has 138 valence electrons. The van der Waals surface area contributed by atoms with E-state index in [2.05, 4.69) is 5.16 Å². The van der Waals surface area contributed by atoms with E-state index < -0.39 is 15.0 Å². The molecule has 13 heteroatoms. The van der Waals surface area contributed by atoms with Crippen LogP contribution in [0.1, 0.15) is 4.88 Å². The summed E-state index contributed by atoms with van der Waals surface area (Å²) in [5, 5.41) is 23.2. The SMILES string of the molecule is COc1cc2sc(/C(N)=N\O)cc2c([N+](=O)[O-])c1OC.CS(=O)(=O)O. The van der Waals surface area contributed by atoms with Gasteiger partial charge in [0.1, 0.15) is 0 Å². The zero-order valence-electron chi connectivity index (χ0n) is 13.3. The highest BCUT2D eigenvalue weighted by molar-refractivity contribution is 7.85. The van der Waals surface area contributed by atoms with Gasteiger partial charge in [-0.15, -0.1) is 11.3 Å². The second-order valence-electron chi connectivity index (χ2n) is 4.46. The first-order valence-corrected chi connectivity index (χ1v) is 8.93. The quantitative estimate of drug-likeness (QED) is 0.173. The molecule has 0 aliphatic carbocycles.